The summed E-state index contributed by atoms with van der Waals surface area (Å²) in [7, 11) is 0. The molecule has 0 saturated carbocycles. The zero-order valence-corrected chi connectivity index (χ0v) is 26.1. The van der Waals surface area contributed by atoms with Gasteiger partial charge in [0.2, 0.25) is 0 Å². The van der Waals surface area contributed by atoms with Crippen LogP contribution in [0.2, 0.25) is 0 Å². The number of rotatable bonds is 10. The third-order valence-electron chi connectivity index (χ3n) is 4.96. The molecule has 9 heteroatoms. The van der Waals surface area contributed by atoms with E-state index in [9.17, 15) is 9.59 Å². The van der Waals surface area contributed by atoms with Crippen molar-refractivity contribution in [2.45, 2.75) is 86.5 Å². The fourth-order valence-corrected chi connectivity index (χ4v) is 7.19. The molecular formula is C27H42Br2O5S2. The van der Waals surface area contributed by atoms with Crippen LogP contribution in [0.5, 0.6) is 0 Å². The third-order valence-corrected chi connectivity index (χ3v) is 8.43. The lowest BCUT2D eigenvalue weighted by Gasteiger charge is -2.01. The minimum absolute atomic E-state index is 0. The second-order valence-electron chi connectivity index (χ2n) is 7.92. The summed E-state index contributed by atoms with van der Waals surface area (Å²) >= 11 is 10.4. The van der Waals surface area contributed by atoms with Gasteiger partial charge in [-0.3, -0.25) is 9.59 Å². The fraction of sp³-hybridized carbons (Fsp3) is 0.630. The van der Waals surface area contributed by atoms with E-state index in [0.29, 0.717) is 26.1 Å². The Morgan fingerprint density at radius 1 is 0.889 bits per heavy atom. The molecule has 0 aromatic carbocycles. The maximum Gasteiger partial charge on any atom is 0.305 e. The molecule has 3 rings (SSSR count). The monoisotopic (exact) mass is 668 g/mol. The summed E-state index contributed by atoms with van der Waals surface area (Å²) < 4.78 is 16.9. The molecule has 3 heterocycles. The van der Waals surface area contributed by atoms with E-state index in [0.717, 1.165) is 46.5 Å². The van der Waals surface area contributed by atoms with Crippen LogP contribution in [0.3, 0.4) is 0 Å². The minimum Gasteiger partial charge on any atom is -0.466 e. The molecule has 5 nitrogen and oxygen atoms in total. The van der Waals surface area contributed by atoms with Crippen LogP contribution in [0.25, 0.3) is 0 Å². The topological polar surface area (TPSA) is 61.8 Å². The molecule has 1 aliphatic heterocycles. The van der Waals surface area contributed by atoms with Crippen molar-refractivity contribution in [2.75, 3.05) is 26.4 Å². The second-order valence-corrected chi connectivity index (χ2v) is 13.1. The van der Waals surface area contributed by atoms with Crippen molar-refractivity contribution in [1.29, 1.82) is 0 Å². The Morgan fingerprint density at radius 2 is 1.42 bits per heavy atom. The van der Waals surface area contributed by atoms with E-state index in [4.69, 9.17) is 14.2 Å². The molecule has 206 valence electrons. The highest BCUT2D eigenvalue weighted by molar-refractivity contribution is 9.12. The number of hydrogen-bond acceptors (Lipinski definition) is 7. The van der Waals surface area contributed by atoms with E-state index in [1.807, 2.05) is 25.2 Å². The molecule has 1 aliphatic rings. The van der Waals surface area contributed by atoms with E-state index < -0.39 is 0 Å². The number of esters is 2. The van der Waals surface area contributed by atoms with Gasteiger partial charge in [0.15, 0.2) is 0 Å². The lowest BCUT2D eigenvalue weighted by atomic mass is 10.1. The summed E-state index contributed by atoms with van der Waals surface area (Å²) in [6, 6.07) is 4.30. The van der Waals surface area contributed by atoms with Crippen LogP contribution in [-0.2, 0) is 36.6 Å². The maximum atomic E-state index is 11.1. The molecule has 0 spiro atoms. The van der Waals surface area contributed by atoms with Gasteiger partial charge in [0.25, 0.3) is 0 Å². The minimum atomic E-state index is -0.108. The predicted molar refractivity (Wildman–Crippen MR) is 159 cm³/mol. The van der Waals surface area contributed by atoms with Crippen LogP contribution >= 0.6 is 54.5 Å². The van der Waals surface area contributed by atoms with Crippen LogP contribution < -0.4 is 0 Å². The van der Waals surface area contributed by atoms with Gasteiger partial charge >= 0.3 is 11.9 Å². The van der Waals surface area contributed by atoms with E-state index in [-0.39, 0.29) is 19.4 Å². The fourth-order valence-electron chi connectivity index (χ4n) is 3.30. The van der Waals surface area contributed by atoms with Gasteiger partial charge in [-0.2, -0.15) is 0 Å². The third kappa shape index (κ3) is 16.2. The summed E-state index contributed by atoms with van der Waals surface area (Å²) in [5, 5.41) is 0. The van der Waals surface area contributed by atoms with Crippen LogP contribution in [0.4, 0.5) is 0 Å². The largest absolute Gasteiger partial charge is 0.466 e. The molecule has 36 heavy (non-hydrogen) atoms. The van der Waals surface area contributed by atoms with Crippen LogP contribution in [-0.4, -0.2) is 38.4 Å². The lowest BCUT2D eigenvalue weighted by Crippen LogP contribution is -2.03. The Morgan fingerprint density at radius 3 is 1.78 bits per heavy atom. The Balaban J connectivity index is 0.000000556. The Hall–Kier alpha value is -0.740. The van der Waals surface area contributed by atoms with Gasteiger partial charge in [-0.25, -0.2) is 0 Å². The van der Waals surface area contributed by atoms with Crippen LogP contribution in [0.1, 0.15) is 80.7 Å². The summed E-state index contributed by atoms with van der Waals surface area (Å²) in [6.07, 6.45) is 7.18. The number of halogens is 2. The van der Waals surface area contributed by atoms with Gasteiger partial charge in [0, 0.05) is 35.8 Å². The van der Waals surface area contributed by atoms with Gasteiger partial charge < -0.3 is 14.2 Å². The van der Waals surface area contributed by atoms with Crippen molar-refractivity contribution in [2.24, 2.45) is 0 Å². The average molecular weight is 671 g/mol. The van der Waals surface area contributed by atoms with Gasteiger partial charge in [-0.1, -0.05) is 7.43 Å². The Kier molecular flexibility index (Phi) is 20.8. The first-order valence-corrected chi connectivity index (χ1v) is 15.4. The number of carbonyl (C=O) groups excluding carboxylic acids is 2. The van der Waals surface area contributed by atoms with E-state index in [1.165, 1.54) is 33.7 Å². The zero-order valence-electron chi connectivity index (χ0n) is 21.3. The molecule has 0 N–H and O–H groups in total. The van der Waals surface area contributed by atoms with Crippen LogP contribution in [0, 0.1) is 13.8 Å². The first kappa shape index (κ1) is 35.3. The highest BCUT2D eigenvalue weighted by Crippen LogP contribution is 2.32. The average Bonchev–Trinajstić information content (AvgIpc) is 3.53. The van der Waals surface area contributed by atoms with Gasteiger partial charge in [-0.15, -0.1) is 22.7 Å². The molecule has 0 amide bonds. The normalized spacial score (nSPS) is 11.9. The van der Waals surface area contributed by atoms with Crippen molar-refractivity contribution >= 4 is 66.5 Å². The molecule has 0 aliphatic carbocycles. The number of aryl methyl sites for hydroxylation is 4. The van der Waals surface area contributed by atoms with Crippen molar-refractivity contribution < 1.29 is 23.8 Å². The SMILES string of the molecule is C.C1CCOC1.CCOC(=O)CCCc1cc(Br)sc1Br.CCOC(=O)CCCc1cc(C)sc1C. The van der Waals surface area contributed by atoms with Gasteiger partial charge in [0.05, 0.1) is 20.8 Å². The predicted octanol–water partition coefficient (Wildman–Crippen LogP) is 8.84. The molecule has 2 aromatic heterocycles. The summed E-state index contributed by atoms with van der Waals surface area (Å²) in [5.74, 6) is -0.190. The van der Waals surface area contributed by atoms with Gasteiger partial charge in [-0.05, 0) is 121 Å². The highest BCUT2D eigenvalue weighted by Gasteiger charge is 2.07. The molecule has 0 radical (unpaired) electrons. The van der Waals surface area contributed by atoms with Crippen molar-refractivity contribution in [1.82, 2.24) is 0 Å². The molecule has 0 atom stereocenters. The second kappa shape index (κ2) is 21.2. The molecule has 2 aromatic rings. The Labute approximate surface area is 242 Å². The van der Waals surface area contributed by atoms with Crippen molar-refractivity contribution in [3.05, 3.63) is 40.6 Å². The number of thiophene rings is 2. The van der Waals surface area contributed by atoms with Crippen LogP contribution in [0.15, 0.2) is 19.7 Å². The zero-order chi connectivity index (χ0) is 26.1. The Bertz CT molecular complexity index is 802. The highest BCUT2D eigenvalue weighted by atomic mass is 79.9. The first-order valence-electron chi connectivity index (χ1n) is 12.1. The molecule has 0 bridgehead atoms. The quantitative estimate of drug-likeness (QED) is 0.237. The first-order chi connectivity index (χ1) is 16.8. The summed E-state index contributed by atoms with van der Waals surface area (Å²) in [4.78, 5) is 24.9. The summed E-state index contributed by atoms with van der Waals surface area (Å²) in [6.45, 7) is 10.9. The summed E-state index contributed by atoms with van der Waals surface area (Å²) in [5.41, 5.74) is 2.62. The van der Waals surface area contributed by atoms with E-state index >= 15 is 0 Å². The molecule has 1 fully saturated rings. The maximum absolute atomic E-state index is 11.1. The number of ether oxygens (including phenoxy) is 3. The number of carbonyl (C=O) groups is 2. The van der Waals surface area contributed by atoms with Gasteiger partial charge in [0.1, 0.15) is 0 Å². The van der Waals surface area contributed by atoms with Crippen molar-refractivity contribution in [3.63, 3.8) is 0 Å². The number of hydrogen-bond donors (Lipinski definition) is 0. The van der Waals surface area contributed by atoms with Crippen molar-refractivity contribution in [3.8, 4) is 0 Å². The van der Waals surface area contributed by atoms with E-state index in [1.54, 1.807) is 11.3 Å². The lowest BCUT2D eigenvalue weighted by molar-refractivity contribution is -0.144. The molecule has 0 unspecified atom stereocenters. The smallest absolute Gasteiger partial charge is 0.305 e. The molecular weight excluding hydrogens is 628 g/mol. The molecule has 1 saturated heterocycles. The van der Waals surface area contributed by atoms with E-state index in [2.05, 4.69) is 57.8 Å². The standard InChI is InChI=1S/C12H18O2S.C10H12Br2O2S.C4H8O.CH4/c1-4-14-12(13)7-5-6-11-8-9(2)15-10(11)3;1-2-14-9(13)5-3-4-7-6-8(11)15-10(7)12;1-2-4-5-3-1;/h8H,4-7H2,1-3H3;6H,2-5H2,1H3;1-4H2;1H4.